The summed E-state index contributed by atoms with van der Waals surface area (Å²) < 4.78 is 8.80. The zero-order valence-electron chi connectivity index (χ0n) is 19.4. The molecule has 0 saturated carbocycles. The van der Waals surface area contributed by atoms with Gasteiger partial charge in [0.05, 0.1) is 12.8 Å². The molecule has 170 valence electrons. The monoisotopic (exact) mass is 444 g/mol. The Labute approximate surface area is 192 Å². The molecule has 33 heavy (non-hydrogen) atoms. The number of ether oxygens (including phenoxy) is 1. The number of carbonyl (C=O) groups is 1. The van der Waals surface area contributed by atoms with Crippen LogP contribution in [-0.4, -0.2) is 27.2 Å². The summed E-state index contributed by atoms with van der Waals surface area (Å²) in [5.74, 6) is 0.602. The fraction of sp³-hybridized carbons (Fsp3) is 0.269. The summed E-state index contributed by atoms with van der Waals surface area (Å²) in [6.45, 7) is 4.40. The van der Waals surface area contributed by atoms with Gasteiger partial charge in [0.2, 0.25) is 5.91 Å². The van der Waals surface area contributed by atoms with Gasteiger partial charge in [-0.05, 0) is 38.0 Å². The first-order valence-electron chi connectivity index (χ1n) is 10.9. The molecule has 2 aromatic heterocycles. The highest BCUT2D eigenvalue weighted by molar-refractivity contribution is 5.76. The summed E-state index contributed by atoms with van der Waals surface area (Å²) in [6, 6.07) is 17.5. The van der Waals surface area contributed by atoms with Gasteiger partial charge in [0.25, 0.3) is 5.56 Å². The van der Waals surface area contributed by atoms with Gasteiger partial charge in [-0.1, -0.05) is 42.0 Å². The number of fused-ring (bicyclic) bond motifs is 1. The standard InChI is InChI=1S/C26H28N4O3/c1-17-9-11-19(12-10-17)16-27-24(31)14-13-20-18(2)29(3)25-15-22(28-30(25)26(20)32)21-7-5-6-8-23(21)33-4/h5-12,15H,13-14,16H2,1-4H3,(H,27,31). The minimum atomic E-state index is -0.201. The van der Waals surface area contributed by atoms with Crippen molar-refractivity contribution in [3.8, 4) is 17.0 Å². The first-order chi connectivity index (χ1) is 15.9. The highest BCUT2D eigenvalue weighted by Gasteiger charge is 2.18. The van der Waals surface area contributed by atoms with Crippen LogP contribution in [0.5, 0.6) is 5.75 Å². The lowest BCUT2D eigenvalue weighted by Crippen LogP contribution is -2.27. The van der Waals surface area contributed by atoms with E-state index >= 15 is 0 Å². The van der Waals surface area contributed by atoms with Gasteiger partial charge in [-0.2, -0.15) is 9.61 Å². The zero-order valence-corrected chi connectivity index (χ0v) is 19.4. The molecule has 0 unspecified atom stereocenters. The largest absolute Gasteiger partial charge is 0.496 e. The molecular formula is C26H28N4O3. The first-order valence-corrected chi connectivity index (χ1v) is 10.9. The summed E-state index contributed by atoms with van der Waals surface area (Å²) in [7, 11) is 3.51. The van der Waals surface area contributed by atoms with E-state index in [2.05, 4.69) is 10.4 Å². The Kier molecular flexibility index (Phi) is 6.31. The molecule has 4 rings (SSSR count). The van der Waals surface area contributed by atoms with E-state index in [1.807, 2.05) is 80.1 Å². The second kappa shape index (κ2) is 9.32. The summed E-state index contributed by atoms with van der Waals surface area (Å²) in [4.78, 5) is 25.7. The summed E-state index contributed by atoms with van der Waals surface area (Å²) in [5, 5.41) is 7.50. The maximum atomic E-state index is 13.2. The lowest BCUT2D eigenvalue weighted by atomic mass is 10.1. The summed E-state index contributed by atoms with van der Waals surface area (Å²) >= 11 is 0. The predicted molar refractivity (Wildman–Crippen MR) is 129 cm³/mol. The number of aromatic nitrogens is 3. The average molecular weight is 445 g/mol. The van der Waals surface area contributed by atoms with Crippen molar-refractivity contribution >= 4 is 11.6 Å². The van der Waals surface area contributed by atoms with Crippen molar-refractivity contribution in [2.75, 3.05) is 7.11 Å². The van der Waals surface area contributed by atoms with Crippen molar-refractivity contribution in [2.24, 2.45) is 7.05 Å². The molecule has 0 aliphatic heterocycles. The lowest BCUT2D eigenvalue weighted by molar-refractivity contribution is -0.121. The third-order valence-electron chi connectivity index (χ3n) is 6.02. The van der Waals surface area contributed by atoms with Crippen LogP contribution < -0.4 is 15.6 Å². The second-order valence-electron chi connectivity index (χ2n) is 8.19. The molecule has 1 amide bonds. The second-order valence-corrected chi connectivity index (χ2v) is 8.19. The Balaban J connectivity index is 1.56. The molecule has 0 aliphatic rings. The maximum absolute atomic E-state index is 13.2. The molecule has 0 atom stereocenters. The molecule has 0 aliphatic carbocycles. The van der Waals surface area contributed by atoms with Gasteiger partial charge in [-0.25, -0.2) is 0 Å². The molecule has 0 bridgehead atoms. The number of aryl methyl sites for hydroxylation is 2. The molecule has 7 heteroatoms. The van der Waals surface area contributed by atoms with E-state index in [0.717, 1.165) is 16.8 Å². The topological polar surface area (TPSA) is 77.6 Å². The highest BCUT2D eigenvalue weighted by atomic mass is 16.5. The number of carbonyl (C=O) groups excluding carboxylic acids is 1. The Morgan fingerprint density at radius 2 is 1.82 bits per heavy atom. The molecule has 0 fully saturated rings. The van der Waals surface area contributed by atoms with Gasteiger partial charge in [0, 0.05) is 42.9 Å². The summed E-state index contributed by atoms with van der Waals surface area (Å²) in [6.07, 6.45) is 0.576. The van der Waals surface area contributed by atoms with E-state index in [0.29, 0.717) is 35.6 Å². The van der Waals surface area contributed by atoms with Crippen molar-refractivity contribution in [2.45, 2.75) is 33.2 Å². The van der Waals surface area contributed by atoms with Gasteiger partial charge in [0.15, 0.2) is 0 Å². The normalized spacial score (nSPS) is 11.0. The van der Waals surface area contributed by atoms with Crippen LogP contribution in [0, 0.1) is 13.8 Å². The smallest absolute Gasteiger partial charge is 0.277 e. The quantitative estimate of drug-likeness (QED) is 0.473. The number of hydrogen-bond acceptors (Lipinski definition) is 4. The number of methoxy groups -OCH3 is 1. The molecule has 2 heterocycles. The van der Waals surface area contributed by atoms with E-state index in [1.54, 1.807) is 7.11 Å². The third-order valence-corrected chi connectivity index (χ3v) is 6.02. The number of nitrogens with one attached hydrogen (secondary N) is 1. The van der Waals surface area contributed by atoms with Crippen LogP contribution in [0.4, 0.5) is 0 Å². The Hall–Kier alpha value is -3.87. The fourth-order valence-electron chi connectivity index (χ4n) is 3.93. The van der Waals surface area contributed by atoms with Crippen molar-refractivity contribution in [1.29, 1.82) is 0 Å². The van der Waals surface area contributed by atoms with E-state index in [9.17, 15) is 9.59 Å². The van der Waals surface area contributed by atoms with Gasteiger partial charge < -0.3 is 14.6 Å². The van der Waals surface area contributed by atoms with E-state index < -0.39 is 0 Å². The average Bonchev–Trinajstić information content (AvgIpc) is 3.28. The molecule has 1 N–H and O–H groups in total. The fourth-order valence-corrected chi connectivity index (χ4v) is 3.93. The van der Waals surface area contributed by atoms with Crippen LogP contribution in [0.2, 0.25) is 0 Å². The van der Waals surface area contributed by atoms with E-state index in [1.165, 1.54) is 10.1 Å². The van der Waals surface area contributed by atoms with E-state index in [4.69, 9.17) is 4.74 Å². The van der Waals surface area contributed by atoms with Crippen molar-refractivity contribution in [3.05, 3.63) is 87.3 Å². The molecule has 0 spiro atoms. The maximum Gasteiger partial charge on any atom is 0.277 e. The van der Waals surface area contributed by atoms with Crippen LogP contribution in [0.25, 0.3) is 16.9 Å². The van der Waals surface area contributed by atoms with E-state index in [-0.39, 0.29) is 17.9 Å². The van der Waals surface area contributed by atoms with Crippen LogP contribution in [0.15, 0.2) is 59.4 Å². The first kappa shape index (κ1) is 22.3. The number of nitrogens with zero attached hydrogens (tertiary/aromatic N) is 3. The van der Waals surface area contributed by atoms with Crippen molar-refractivity contribution < 1.29 is 9.53 Å². The number of hydrogen-bond donors (Lipinski definition) is 1. The van der Waals surface area contributed by atoms with Crippen LogP contribution >= 0.6 is 0 Å². The molecule has 2 aromatic carbocycles. The SMILES string of the molecule is COc1ccccc1-c1cc2n(C)c(C)c(CCC(=O)NCc3ccc(C)cc3)c(=O)n2n1. The number of benzene rings is 2. The Morgan fingerprint density at radius 1 is 1.09 bits per heavy atom. The van der Waals surface area contributed by atoms with Gasteiger partial charge in [-0.3, -0.25) is 9.59 Å². The van der Waals surface area contributed by atoms with Crippen molar-refractivity contribution in [1.82, 2.24) is 19.5 Å². The molecule has 4 aromatic rings. The highest BCUT2D eigenvalue weighted by Crippen LogP contribution is 2.29. The molecule has 7 nitrogen and oxygen atoms in total. The third kappa shape index (κ3) is 4.53. The zero-order chi connectivity index (χ0) is 23.5. The summed E-state index contributed by atoms with van der Waals surface area (Å²) in [5.41, 5.74) is 5.60. The van der Waals surface area contributed by atoms with Crippen LogP contribution in [0.1, 0.15) is 28.8 Å². The van der Waals surface area contributed by atoms with Gasteiger partial charge in [0.1, 0.15) is 11.4 Å². The van der Waals surface area contributed by atoms with Crippen LogP contribution in [-0.2, 0) is 24.8 Å². The van der Waals surface area contributed by atoms with Gasteiger partial charge in [-0.15, -0.1) is 0 Å². The molecular weight excluding hydrogens is 416 g/mol. The lowest BCUT2D eigenvalue weighted by Gasteiger charge is -2.12. The predicted octanol–water partition coefficient (Wildman–Crippen LogP) is 3.57. The minimum absolute atomic E-state index is 0.0905. The molecule has 0 saturated heterocycles. The molecule has 0 radical (unpaired) electrons. The number of amides is 1. The number of para-hydroxylation sites is 1. The van der Waals surface area contributed by atoms with Crippen molar-refractivity contribution in [3.63, 3.8) is 0 Å². The minimum Gasteiger partial charge on any atom is -0.496 e. The number of rotatable bonds is 7. The Morgan fingerprint density at radius 3 is 2.55 bits per heavy atom. The Bertz CT molecular complexity index is 1370. The van der Waals surface area contributed by atoms with Gasteiger partial charge >= 0.3 is 0 Å². The van der Waals surface area contributed by atoms with Crippen LogP contribution in [0.3, 0.4) is 0 Å².